The normalized spacial score (nSPS) is 24.3. The molecule has 0 aliphatic heterocycles. The first kappa shape index (κ1) is 11.9. The number of aromatic carboxylic acids is 1. The van der Waals surface area contributed by atoms with Crippen molar-refractivity contribution in [2.75, 3.05) is 5.32 Å². The van der Waals surface area contributed by atoms with E-state index < -0.39 is 12.1 Å². The second-order valence-electron chi connectivity index (χ2n) is 4.31. The van der Waals surface area contributed by atoms with Crippen LogP contribution >= 0.6 is 0 Å². The second kappa shape index (κ2) is 5.14. The van der Waals surface area contributed by atoms with Gasteiger partial charge in [-0.3, -0.25) is 0 Å². The smallest absolute Gasteiger partial charge is 0.339 e. The lowest BCUT2D eigenvalue weighted by Crippen LogP contribution is -2.37. The predicted molar refractivity (Wildman–Crippen MR) is 63.1 cm³/mol. The number of nitrogens with zero attached hydrogens (tertiary/aromatic N) is 1. The number of hydrogen-bond acceptors (Lipinski definition) is 4. The average molecular weight is 236 g/mol. The van der Waals surface area contributed by atoms with Gasteiger partial charge in [0, 0.05) is 6.20 Å². The lowest BCUT2D eigenvalue weighted by atomic mass is 9.92. The minimum Gasteiger partial charge on any atom is -0.478 e. The Hall–Kier alpha value is -1.62. The standard InChI is InChI=1S/C12H16N2O3/c15-10-6-2-1-5-9(10)14-11-8(12(16)17)4-3-7-13-11/h3-4,7,9-10,15H,1-2,5-6H2,(H,13,14)(H,16,17). The summed E-state index contributed by atoms with van der Waals surface area (Å²) in [6, 6.07) is 3.00. The SMILES string of the molecule is O=C(O)c1cccnc1NC1CCCCC1O. The Labute approximate surface area is 99.5 Å². The minimum atomic E-state index is -1.01. The minimum absolute atomic E-state index is 0.100. The van der Waals surface area contributed by atoms with Crippen LogP contribution in [-0.2, 0) is 0 Å². The molecule has 0 amide bonds. The summed E-state index contributed by atoms with van der Waals surface area (Å²) in [6.07, 6.45) is 4.79. The molecule has 17 heavy (non-hydrogen) atoms. The van der Waals surface area contributed by atoms with Crippen LogP contribution in [0.25, 0.3) is 0 Å². The number of nitrogens with one attached hydrogen (secondary N) is 1. The van der Waals surface area contributed by atoms with Gasteiger partial charge in [-0.05, 0) is 25.0 Å². The Morgan fingerprint density at radius 1 is 1.41 bits per heavy atom. The largest absolute Gasteiger partial charge is 0.478 e. The van der Waals surface area contributed by atoms with Crippen molar-refractivity contribution in [2.45, 2.75) is 37.8 Å². The van der Waals surface area contributed by atoms with Gasteiger partial charge in [0.2, 0.25) is 0 Å². The summed E-state index contributed by atoms with van der Waals surface area (Å²) in [7, 11) is 0. The van der Waals surface area contributed by atoms with Gasteiger partial charge in [0.05, 0.1) is 12.1 Å². The molecular weight excluding hydrogens is 220 g/mol. The maximum absolute atomic E-state index is 11.0. The average Bonchev–Trinajstić information content (AvgIpc) is 2.32. The molecule has 1 aliphatic carbocycles. The highest BCUT2D eigenvalue weighted by molar-refractivity contribution is 5.93. The van der Waals surface area contributed by atoms with Crippen LogP contribution in [0.2, 0.25) is 0 Å². The van der Waals surface area contributed by atoms with Crippen molar-refractivity contribution in [3.63, 3.8) is 0 Å². The molecule has 2 atom stereocenters. The summed E-state index contributed by atoms with van der Waals surface area (Å²) in [5, 5.41) is 21.9. The van der Waals surface area contributed by atoms with E-state index in [1.807, 2.05) is 0 Å². The van der Waals surface area contributed by atoms with Gasteiger partial charge in [0.1, 0.15) is 11.4 Å². The van der Waals surface area contributed by atoms with Crippen molar-refractivity contribution < 1.29 is 15.0 Å². The van der Waals surface area contributed by atoms with Crippen molar-refractivity contribution in [1.82, 2.24) is 4.98 Å². The van der Waals surface area contributed by atoms with Gasteiger partial charge < -0.3 is 15.5 Å². The second-order valence-corrected chi connectivity index (χ2v) is 4.31. The van der Waals surface area contributed by atoms with E-state index in [2.05, 4.69) is 10.3 Å². The Morgan fingerprint density at radius 3 is 2.88 bits per heavy atom. The molecule has 5 nitrogen and oxygen atoms in total. The van der Waals surface area contributed by atoms with Gasteiger partial charge in [0.15, 0.2) is 0 Å². The summed E-state index contributed by atoms with van der Waals surface area (Å²) in [4.78, 5) is 15.0. The highest BCUT2D eigenvalue weighted by Crippen LogP contribution is 2.22. The number of carboxylic acids is 1. The van der Waals surface area contributed by atoms with Gasteiger partial charge in [0.25, 0.3) is 0 Å². The van der Waals surface area contributed by atoms with Gasteiger partial charge in [-0.2, -0.15) is 0 Å². The van der Waals surface area contributed by atoms with Crippen LogP contribution in [0.3, 0.4) is 0 Å². The number of carboxylic acid groups (broad SMARTS) is 1. The molecule has 1 aromatic heterocycles. The summed E-state index contributed by atoms with van der Waals surface area (Å²) in [5.41, 5.74) is 0.144. The Kier molecular flexibility index (Phi) is 3.58. The predicted octanol–water partition coefficient (Wildman–Crippen LogP) is 1.50. The van der Waals surface area contributed by atoms with E-state index in [9.17, 15) is 9.90 Å². The van der Waals surface area contributed by atoms with Crippen LogP contribution < -0.4 is 5.32 Å². The van der Waals surface area contributed by atoms with Crippen molar-refractivity contribution in [2.24, 2.45) is 0 Å². The van der Waals surface area contributed by atoms with Crippen molar-refractivity contribution in [3.8, 4) is 0 Å². The number of aliphatic hydroxyl groups is 1. The van der Waals surface area contributed by atoms with E-state index in [-0.39, 0.29) is 11.6 Å². The van der Waals surface area contributed by atoms with Crippen LogP contribution in [0.15, 0.2) is 18.3 Å². The summed E-state index contributed by atoms with van der Waals surface area (Å²) >= 11 is 0. The number of pyridine rings is 1. The van der Waals surface area contributed by atoms with Crippen molar-refractivity contribution in [3.05, 3.63) is 23.9 Å². The molecule has 1 aliphatic rings. The fraction of sp³-hybridized carbons (Fsp3) is 0.500. The summed E-state index contributed by atoms with van der Waals surface area (Å²) < 4.78 is 0. The molecule has 0 bridgehead atoms. The molecule has 2 unspecified atom stereocenters. The zero-order chi connectivity index (χ0) is 12.3. The molecule has 0 spiro atoms. The van der Waals surface area contributed by atoms with Gasteiger partial charge in [-0.25, -0.2) is 9.78 Å². The van der Waals surface area contributed by atoms with Crippen LogP contribution in [0, 0.1) is 0 Å². The molecule has 1 saturated carbocycles. The zero-order valence-corrected chi connectivity index (χ0v) is 9.47. The number of hydrogen-bond donors (Lipinski definition) is 3. The Morgan fingerprint density at radius 2 is 2.18 bits per heavy atom. The highest BCUT2D eigenvalue weighted by atomic mass is 16.4. The molecule has 0 aromatic carbocycles. The Bertz CT molecular complexity index is 408. The third-order valence-corrected chi connectivity index (χ3v) is 3.09. The third-order valence-electron chi connectivity index (χ3n) is 3.09. The van der Waals surface area contributed by atoms with E-state index in [1.54, 1.807) is 12.3 Å². The van der Waals surface area contributed by atoms with Gasteiger partial charge in [-0.1, -0.05) is 12.8 Å². The quantitative estimate of drug-likeness (QED) is 0.740. The first-order valence-corrected chi connectivity index (χ1v) is 5.81. The monoisotopic (exact) mass is 236 g/mol. The van der Waals surface area contributed by atoms with E-state index in [0.717, 1.165) is 25.7 Å². The zero-order valence-electron chi connectivity index (χ0n) is 9.47. The van der Waals surface area contributed by atoms with Gasteiger partial charge >= 0.3 is 5.97 Å². The fourth-order valence-electron chi connectivity index (χ4n) is 2.15. The molecule has 5 heteroatoms. The lowest BCUT2D eigenvalue weighted by molar-refractivity contribution is 0.0696. The Balaban J connectivity index is 2.14. The van der Waals surface area contributed by atoms with Gasteiger partial charge in [-0.15, -0.1) is 0 Å². The number of aliphatic hydroxyl groups excluding tert-OH is 1. The third kappa shape index (κ3) is 2.74. The van der Waals surface area contributed by atoms with Crippen LogP contribution in [0.5, 0.6) is 0 Å². The van der Waals surface area contributed by atoms with E-state index in [0.29, 0.717) is 5.82 Å². The molecule has 0 radical (unpaired) electrons. The van der Waals surface area contributed by atoms with Crippen LogP contribution in [0.1, 0.15) is 36.0 Å². The summed E-state index contributed by atoms with van der Waals surface area (Å²) in [6.45, 7) is 0. The highest BCUT2D eigenvalue weighted by Gasteiger charge is 2.24. The lowest BCUT2D eigenvalue weighted by Gasteiger charge is -2.29. The molecule has 0 saturated heterocycles. The molecule has 1 heterocycles. The maximum atomic E-state index is 11.0. The number of rotatable bonds is 3. The number of anilines is 1. The van der Waals surface area contributed by atoms with E-state index >= 15 is 0 Å². The maximum Gasteiger partial charge on any atom is 0.339 e. The van der Waals surface area contributed by atoms with E-state index in [1.165, 1.54) is 6.07 Å². The first-order valence-electron chi connectivity index (χ1n) is 5.81. The molecular formula is C12H16N2O3. The number of aromatic nitrogens is 1. The summed E-state index contributed by atoms with van der Waals surface area (Å²) in [5.74, 6) is -0.670. The molecule has 3 N–H and O–H groups in total. The fourth-order valence-corrected chi connectivity index (χ4v) is 2.15. The molecule has 1 aromatic rings. The molecule has 2 rings (SSSR count). The number of carbonyl (C=O) groups is 1. The molecule has 1 fully saturated rings. The van der Waals surface area contributed by atoms with E-state index in [4.69, 9.17) is 5.11 Å². The molecule has 92 valence electrons. The van der Waals surface area contributed by atoms with Crippen molar-refractivity contribution >= 4 is 11.8 Å². The first-order chi connectivity index (χ1) is 8.18. The topological polar surface area (TPSA) is 82.5 Å². The van der Waals surface area contributed by atoms with Crippen molar-refractivity contribution in [1.29, 1.82) is 0 Å². The van der Waals surface area contributed by atoms with Crippen LogP contribution in [-0.4, -0.2) is 33.3 Å². The van der Waals surface area contributed by atoms with Crippen LogP contribution in [0.4, 0.5) is 5.82 Å².